The number of rotatable bonds is 4. The summed E-state index contributed by atoms with van der Waals surface area (Å²) in [6.07, 6.45) is 2.89. The molecule has 0 radical (unpaired) electrons. The van der Waals surface area contributed by atoms with E-state index in [1.807, 2.05) is 7.05 Å². The van der Waals surface area contributed by atoms with Crippen molar-refractivity contribution < 1.29 is 8.42 Å². The number of piperidine rings is 1. The van der Waals surface area contributed by atoms with Crippen LogP contribution in [0.5, 0.6) is 0 Å². The fourth-order valence-electron chi connectivity index (χ4n) is 2.72. The minimum Gasteiger partial charge on any atom is -0.318 e. The lowest BCUT2D eigenvalue weighted by atomic mass is 10.1. The molecular weight excluding hydrogens is 296 g/mol. The number of benzene rings is 1. The van der Waals surface area contributed by atoms with Crippen molar-refractivity contribution in [1.29, 1.82) is 0 Å². The van der Waals surface area contributed by atoms with Crippen LogP contribution in [-0.4, -0.2) is 38.9 Å². The lowest BCUT2D eigenvalue weighted by Crippen LogP contribution is -2.48. The third kappa shape index (κ3) is 3.01. The second-order valence-corrected chi connectivity index (χ2v) is 7.45. The van der Waals surface area contributed by atoms with Gasteiger partial charge in [0.15, 0.2) is 0 Å². The van der Waals surface area contributed by atoms with Crippen molar-refractivity contribution in [2.45, 2.75) is 37.1 Å². The highest BCUT2D eigenvalue weighted by Gasteiger charge is 2.34. The van der Waals surface area contributed by atoms with Crippen LogP contribution in [0, 0.1) is 6.92 Å². The highest BCUT2D eigenvalue weighted by molar-refractivity contribution is 7.89. The van der Waals surface area contributed by atoms with Gasteiger partial charge >= 0.3 is 0 Å². The van der Waals surface area contributed by atoms with E-state index in [-0.39, 0.29) is 6.04 Å². The normalized spacial score (nSPS) is 21.1. The molecule has 1 heterocycles. The van der Waals surface area contributed by atoms with Crippen LogP contribution in [0.1, 0.15) is 24.8 Å². The van der Waals surface area contributed by atoms with Crippen LogP contribution in [0.2, 0.25) is 5.02 Å². The Morgan fingerprint density at radius 3 is 2.85 bits per heavy atom. The van der Waals surface area contributed by atoms with Gasteiger partial charge in [-0.05, 0) is 44.5 Å². The van der Waals surface area contributed by atoms with Gasteiger partial charge in [-0.25, -0.2) is 8.42 Å². The standard InChI is InChI=1S/C14H21ClN2O2S/c1-11-13(15)7-5-8-14(11)20(18,19)17-9-4-3-6-12(17)10-16-2/h5,7-8,12,16H,3-4,6,9-10H2,1-2H3. The molecule has 2 rings (SSSR count). The van der Waals surface area contributed by atoms with Crippen LogP contribution < -0.4 is 5.32 Å². The fraction of sp³-hybridized carbons (Fsp3) is 0.571. The molecule has 1 aliphatic heterocycles. The molecule has 112 valence electrons. The average molecular weight is 317 g/mol. The van der Waals surface area contributed by atoms with Crippen LogP contribution in [0.25, 0.3) is 0 Å². The largest absolute Gasteiger partial charge is 0.318 e. The minimum absolute atomic E-state index is 0.0251. The van der Waals surface area contributed by atoms with E-state index in [4.69, 9.17) is 11.6 Å². The molecule has 1 aromatic carbocycles. The monoisotopic (exact) mass is 316 g/mol. The van der Waals surface area contributed by atoms with Crippen molar-refractivity contribution in [2.24, 2.45) is 0 Å². The van der Waals surface area contributed by atoms with Crippen LogP contribution in [-0.2, 0) is 10.0 Å². The van der Waals surface area contributed by atoms with E-state index in [0.717, 1.165) is 19.3 Å². The first-order valence-electron chi connectivity index (χ1n) is 6.90. The van der Waals surface area contributed by atoms with E-state index in [1.165, 1.54) is 0 Å². The highest BCUT2D eigenvalue weighted by atomic mass is 35.5. The summed E-state index contributed by atoms with van der Waals surface area (Å²) in [7, 11) is -1.63. The third-order valence-corrected chi connectivity index (χ3v) is 6.32. The van der Waals surface area contributed by atoms with Crippen molar-refractivity contribution in [3.05, 3.63) is 28.8 Å². The predicted octanol–water partition coefficient (Wildman–Crippen LogP) is 2.41. The molecule has 20 heavy (non-hydrogen) atoms. The molecule has 0 amide bonds. The molecule has 0 spiro atoms. The summed E-state index contributed by atoms with van der Waals surface area (Å²) in [6.45, 7) is 3.02. The number of nitrogens with zero attached hydrogens (tertiary/aromatic N) is 1. The number of nitrogens with one attached hydrogen (secondary N) is 1. The molecule has 1 aliphatic rings. The number of likely N-dealkylation sites (N-methyl/N-ethyl adjacent to an activating group) is 1. The topological polar surface area (TPSA) is 49.4 Å². The van der Waals surface area contributed by atoms with Gasteiger partial charge in [0.2, 0.25) is 10.0 Å². The Balaban J connectivity index is 2.40. The Hall–Kier alpha value is -0.620. The maximum Gasteiger partial charge on any atom is 0.243 e. The summed E-state index contributed by atoms with van der Waals surface area (Å²) >= 11 is 6.06. The zero-order valence-corrected chi connectivity index (χ0v) is 13.5. The Kier molecular flexibility index (Phi) is 5.07. The highest BCUT2D eigenvalue weighted by Crippen LogP contribution is 2.29. The summed E-state index contributed by atoms with van der Waals surface area (Å²) in [5, 5.41) is 3.58. The second kappa shape index (κ2) is 6.43. The molecule has 1 aromatic rings. The van der Waals surface area contributed by atoms with E-state index >= 15 is 0 Å². The van der Waals surface area contributed by atoms with E-state index < -0.39 is 10.0 Å². The maximum atomic E-state index is 12.9. The van der Waals surface area contributed by atoms with Crippen LogP contribution in [0.3, 0.4) is 0 Å². The van der Waals surface area contributed by atoms with Crippen LogP contribution in [0.15, 0.2) is 23.1 Å². The summed E-state index contributed by atoms with van der Waals surface area (Å²) in [4.78, 5) is 0.327. The van der Waals surface area contributed by atoms with Gasteiger partial charge in [-0.1, -0.05) is 24.1 Å². The lowest BCUT2D eigenvalue weighted by molar-refractivity contribution is 0.249. The first-order chi connectivity index (χ1) is 9.48. The Morgan fingerprint density at radius 2 is 2.15 bits per heavy atom. The van der Waals surface area contributed by atoms with Gasteiger partial charge < -0.3 is 5.32 Å². The van der Waals surface area contributed by atoms with E-state index in [0.29, 0.717) is 28.6 Å². The van der Waals surface area contributed by atoms with Crippen molar-refractivity contribution >= 4 is 21.6 Å². The van der Waals surface area contributed by atoms with Gasteiger partial charge in [-0.15, -0.1) is 0 Å². The fourth-order valence-corrected chi connectivity index (χ4v) is 4.90. The number of hydrogen-bond donors (Lipinski definition) is 1. The van der Waals surface area contributed by atoms with Gasteiger partial charge in [0.25, 0.3) is 0 Å². The van der Waals surface area contributed by atoms with E-state index in [2.05, 4.69) is 5.32 Å². The molecule has 4 nitrogen and oxygen atoms in total. The zero-order chi connectivity index (χ0) is 14.8. The minimum atomic E-state index is -3.48. The first kappa shape index (κ1) is 15.8. The molecule has 1 atom stereocenters. The summed E-state index contributed by atoms with van der Waals surface area (Å²) in [5.74, 6) is 0. The average Bonchev–Trinajstić information content (AvgIpc) is 2.42. The van der Waals surface area contributed by atoms with Gasteiger partial charge in [-0.3, -0.25) is 0 Å². The van der Waals surface area contributed by atoms with Gasteiger partial charge in [0.1, 0.15) is 0 Å². The van der Waals surface area contributed by atoms with Gasteiger partial charge in [0.05, 0.1) is 4.90 Å². The van der Waals surface area contributed by atoms with Crippen molar-refractivity contribution in [1.82, 2.24) is 9.62 Å². The number of sulfonamides is 1. The quantitative estimate of drug-likeness (QED) is 0.928. The lowest BCUT2D eigenvalue weighted by Gasteiger charge is -2.35. The van der Waals surface area contributed by atoms with Crippen molar-refractivity contribution in [2.75, 3.05) is 20.1 Å². The summed E-state index contributed by atoms with van der Waals surface area (Å²) < 4.78 is 27.4. The van der Waals surface area contributed by atoms with Crippen LogP contribution in [0.4, 0.5) is 0 Å². The molecule has 0 saturated carbocycles. The molecule has 1 unspecified atom stereocenters. The third-order valence-electron chi connectivity index (χ3n) is 3.82. The zero-order valence-electron chi connectivity index (χ0n) is 11.9. The molecular formula is C14H21ClN2O2S. The van der Waals surface area contributed by atoms with Gasteiger partial charge in [-0.2, -0.15) is 4.31 Å². The summed E-state index contributed by atoms with van der Waals surface area (Å²) in [6, 6.07) is 5.08. The molecule has 6 heteroatoms. The molecule has 0 aliphatic carbocycles. The van der Waals surface area contributed by atoms with Crippen LogP contribution >= 0.6 is 11.6 Å². The molecule has 0 bridgehead atoms. The molecule has 1 saturated heterocycles. The van der Waals surface area contributed by atoms with Crippen molar-refractivity contribution in [3.63, 3.8) is 0 Å². The Bertz CT molecular complexity index is 573. The predicted molar refractivity (Wildman–Crippen MR) is 81.6 cm³/mol. The summed E-state index contributed by atoms with van der Waals surface area (Å²) in [5.41, 5.74) is 0.628. The first-order valence-corrected chi connectivity index (χ1v) is 8.72. The van der Waals surface area contributed by atoms with Gasteiger partial charge in [0, 0.05) is 24.2 Å². The SMILES string of the molecule is CNCC1CCCCN1S(=O)(=O)c1cccc(Cl)c1C. The number of halogens is 1. The van der Waals surface area contributed by atoms with Crippen molar-refractivity contribution in [3.8, 4) is 0 Å². The molecule has 0 aromatic heterocycles. The Morgan fingerprint density at radius 1 is 1.40 bits per heavy atom. The van der Waals surface area contributed by atoms with E-state index in [1.54, 1.807) is 29.4 Å². The Labute approximate surface area is 126 Å². The van der Waals surface area contributed by atoms with E-state index in [9.17, 15) is 8.42 Å². The smallest absolute Gasteiger partial charge is 0.243 e. The molecule has 1 N–H and O–H groups in total. The second-order valence-electron chi connectivity index (χ2n) is 5.19. The molecule has 1 fully saturated rings. The maximum absolute atomic E-state index is 12.9. The number of hydrogen-bond acceptors (Lipinski definition) is 3.